The number of benzene rings is 3. The Kier molecular flexibility index (Phi) is 6.79. The zero-order valence-corrected chi connectivity index (χ0v) is 15.7. The Morgan fingerprint density at radius 1 is 0.964 bits per heavy atom. The molecule has 0 atom stereocenters. The summed E-state index contributed by atoms with van der Waals surface area (Å²) in [5.74, 6) is 1.01. The lowest BCUT2D eigenvalue weighted by molar-refractivity contribution is -0.123. The van der Waals surface area contributed by atoms with Gasteiger partial charge in [-0.2, -0.15) is 5.10 Å². The van der Waals surface area contributed by atoms with E-state index < -0.39 is 0 Å². The lowest BCUT2D eigenvalue weighted by Gasteiger charge is -2.09. The minimum absolute atomic E-state index is 0.104. The fraction of sp³-hybridized carbons (Fsp3) is 0.130. The van der Waals surface area contributed by atoms with Crippen LogP contribution < -0.4 is 14.9 Å². The quantitative estimate of drug-likeness (QED) is 0.477. The van der Waals surface area contributed by atoms with Crippen molar-refractivity contribution in [2.24, 2.45) is 5.10 Å². The number of rotatable bonds is 8. The number of hydrogen-bond donors (Lipinski definition) is 1. The van der Waals surface area contributed by atoms with Gasteiger partial charge in [-0.15, -0.1) is 0 Å². The van der Waals surface area contributed by atoms with Gasteiger partial charge < -0.3 is 9.47 Å². The number of aryl methyl sites for hydroxylation is 1. The van der Waals surface area contributed by atoms with E-state index in [2.05, 4.69) is 10.5 Å². The van der Waals surface area contributed by atoms with Crippen LogP contribution in [0.5, 0.6) is 11.5 Å². The number of nitrogens with one attached hydrogen (secondary N) is 1. The van der Waals surface area contributed by atoms with E-state index in [0.717, 1.165) is 16.7 Å². The third-order valence-corrected chi connectivity index (χ3v) is 3.91. The van der Waals surface area contributed by atoms with Gasteiger partial charge in [0, 0.05) is 5.56 Å². The van der Waals surface area contributed by atoms with Gasteiger partial charge in [0.15, 0.2) is 6.61 Å². The van der Waals surface area contributed by atoms with E-state index in [4.69, 9.17) is 9.47 Å². The highest BCUT2D eigenvalue weighted by molar-refractivity contribution is 5.85. The van der Waals surface area contributed by atoms with Crippen LogP contribution in [-0.4, -0.2) is 18.7 Å². The summed E-state index contributed by atoms with van der Waals surface area (Å²) in [5, 5.41) is 4.00. The summed E-state index contributed by atoms with van der Waals surface area (Å²) in [6.45, 7) is 2.32. The van der Waals surface area contributed by atoms with Crippen molar-refractivity contribution in [2.45, 2.75) is 13.5 Å². The SMILES string of the molecule is Cc1cccc(OCC(=O)NN=Cc2ccccc2OCc2ccccc2)c1. The molecule has 0 bridgehead atoms. The molecule has 142 valence electrons. The summed E-state index contributed by atoms with van der Waals surface area (Å²) >= 11 is 0. The van der Waals surface area contributed by atoms with Crippen molar-refractivity contribution in [1.82, 2.24) is 5.43 Å². The van der Waals surface area contributed by atoms with Gasteiger partial charge in [-0.05, 0) is 42.3 Å². The van der Waals surface area contributed by atoms with Gasteiger partial charge in [0.05, 0.1) is 6.21 Å². The molecular formula is C23H22N2O3. The van der Waals surface area contributed by atoms with E-state index in [1.165, 1.54) is 0 Å². The van der Waals surface area contributed by atoms with Crippen molar-refractivity contribution < 1.29 is 14.3 Å². The molecule has 0 saturated carbocycles. The van der Waals surface area contributed by atoms with Gasteiger partial charge in [0.2, 0.25) is 0 Å². The highest BCUT2D eigenvalue weighted by atomic mass is 16.5. The van der Waals surface area contributed by atoms with E-state index in [-0.39, 0.29) is 12.5 Å². The van der Waals surface area contributed by atoms with Crippen LogP contribution in [0.1, 0.15) is 16.7 Å². The Morgan fingerprint density at radius 3 is 2.57 bits per heavy atom. The predicted molar refractivity (Wildman–Crippen MR) is 110 cm³/mol. The summed E-state index contributed by atoms with van der Waals surface area (Å²) < 4.78 is 11.3. The lowest BCUT2D eigenvalue weighted by Crippen LogP contribution is -2.24. The van der Waals surface area contributed by atoms with Crippen LogP contribution in [0.15, 0.2) is 84.0 Å². The van der Waals surface area contributed by atoms with E-state index in [1.807, 2.05) is 85.8 Å². The Bertz CT molecular complexity index is 939. The van der Waals surface area contributed by atoms with Crippen molar-refractivity contribution in [2.75, 3.05) is 6.61 Å². The number of amides is 1. The normalized spacial score (nSPS) is 10.6. The molecule has 0 heterocycles. The molecule has 5 heteroatoms. The number of hydrazone groups is 1. The summed E-state index contributed by atoms with van der Waals surface area (Å²) in [4.78, 5) is 11.9. The first-order chi connectivity index (χ1) is 13.7. The standard InChI is InChI=1S/C23H22N2O3/c1-18-8-7-12-21(14-18)27-17-23(26)25-24-15-20-11-5-6-13-22(20)28-16-19-9-3-2-4-10-19/h2-15H,16-17H2,1H3,(H,25,26). The van der Waals surface area contributed by atoms with Crippen LogP contribution in [0.25, 0.3) is 0 Å². The molecule has 0 aromatic heterocycles. The van der Waals surface area contributed by atoms with Crippen LogP contribution >= 0.6 is 0 Å². The maximum absolute atomic E-state index is 11.9. The number of carbonyl (C=O) groups excluding carboxylic acids is 1. The molecule has 1 amide bonds. The van der Waals surface area contributed by atoms with Crippen LogP contribution in [0.2, 0.25) is 0 Å². The molecule has 0 aliphatic heterocycles. The molecule has 0 unspecified atom stereocenters. The zero-order chi connectivity index (χ0) is 19.6. The molecule has 0 fully saturated rings. The molecule has 0 saturated heterocycles. The zero-order valence-electron chi connectivity index (χ0n) is 15.7. The number of nitrogens with zero attached hydrogens (tertiary/aromatic N) is 1. The van der Waals surface area contributed by atoms with Crippen molar-refractivity contribution in [3.05, 3.63) is 95.6 Å². The second-order valence-corrected chi connectivity index (χ2v) is 6.21. The van der Waals surface area contributed by atoms with Gasteiger partial charge in [-0.25, -0.2) is 5.43 Å². The first-order valence-electron chi connectivity index (χ1n) is 8.98. The van der Waals surface area contributed by atoms with Gasteiger partial charge >= 0.3 is 0 Å². The van der Waals surface area contributed by atoms with Crippen molar-refractivity contribution in [1.29, 1.82) is 0 Å². The smallest absolute Gasteiger partial charge is 0.277 e. The minimum atomic E-state index is -0.333. The summed E-state index contributed by atoms with van der Waals surface area (Å²) in [7, 11) is 0. The lowest BCUT2D eigenvalue weighted by atomic mass is 10.2. The van der Waals surface area contributed by atoms with Crippen LogP contribution in [-0.2, 0) is 11.4 Å². The third kappa shape index (κ3) is 5.99. The Balaban J connectivity index is 1.51. The summed E-state index contributed by atoms with van der Waals surface area (Å²) in [6.07, 6.45) is 1.56. The summed E-state index contributed by atoms with van der Waals surface area (Å²) in [5.41, 5.74) is 5.39. The topological polar surface area (TPSA) is 59.9 Å². The van der Waals surface area contributed by atoms with Crippen LogP contribution in [0.4, 0.5) is 0 Å². The molecule has 28 heavy (non-hydrogen) atoms. The molecule has 1 N–H and O–H groups in total. The first kappa shape index (κ1) is 19.2. The molecule has 0 radical (unpaired) electrons. The first-order valence-corrected chi connectivity index (χ1v) is 8.98. The van der Waals surface area contributed by atoms with Gasteiger partial charge in [-0.1, -0.05) is 54.6 Å². The Labute approximate surface area is 164 Å². The van der Waals surface area contributed by atoms with Crippen LogP contribution in [0, 0.1) is 6.92 Å². The Morgan fingerprint density at radius 2 is 1.75 bits per heavy atom. The molecule has 3 aromatic rings. The van der Waals surface area contributed by atoms with Crippen molar-refractivity contribution in [3.63, 3.8) is 0 Å². The van der Waals surface area contributed by atoms with Crippen molar-refractivity contribution >= 4 is 12.1 Å². The number of ether oxygens (including phenoxy) is 2. The molecule has 3 rings (SSSR count). The van der Waals surface area contributed by atoms with Crippen LogP contribution in [0.3, 0.4) is 0 Å². The van der Waals surface area contributed by atoms with Gasteiger partial charge in [0.1, 0.15) is 18.1 Å². The molecule has 3 aromatic carbocycles. The molecule has 0 aliphatic rings. The minimum Gasteiger partial charge on any atom is -0.488 e. The molecule has 0 spiro atoms. The maximum Gasteiger partial charge on any atom is 0.277 e. The second kappa shape index (κ2) is 9.92. The number of hydrogen-bond acceptors (Lipinski definition) is 4. The van der Waals surface area contributed by atoms with E-state index >= 15 is 0 Å². The fourth-order valence-electron chi connectivity index (χ4n) is 2.51. The van der Waals surface area contributed by atoms with Crippen molar-refractivity contribution in [3.8, 4) is 11.5 Å². The average Bonchev–Trinajstić information content (AvgIpc) is 2.72. The van der Waals surface area contributed by atoms with E-state index in [9.17, 15) is 4.79 Å². The molecule has 0 aliphatic carbocycles. The average molecular weight is 374 g/mol. The predicted octanol–water partition coefficient (Wildman–Crippen LogP) is 4.10. The Hall–Kier alpha value is -3.60. The highest BCUT2D eigenvalue weighted by Crippen LogP contribution is 2.17. The highest BCUT2D eigenvalue weighted by Gasteiger charge is 2.03. The fourth-order valence-corrected chi connectivity index (χ4v) is 2.51. The van der Waals surface area contributed by atoms with Gasteiger partial charge in [0.25, 0.3) is 5.91 Å². The number of para-hydroxylation sites is 1. The van der Waals surface area contributed by atoms with E-state index in [0.29, 0.717) is 18.1 Å². The monoisotopic (exact) mass is 374 g/mol. The largest absolute Gasteiger partial charge is 0.488 e. The molecule has 5 nitrogen and oxygen atoms in total. The third-order valence-electron chi connectivity index (χ3n) is 3.91. The second-order valence-electron chi connectivity index (χ2n) is 6.21. The maximum atomic E-state index is 11.9. The molecular weight excluding hydrogens is 352 g/mol. The summed E-state index contributed by atoms with van der Waals surface area (Å²) in [6, 6.07) is 25.0. The van der Waals surface area contributed by atoms with Gasteiger partial charge in [-0.3, -0.25) is 4.79 Å². The number of carbonyl (C=O) groups is 1. The van der Waals surface area contributed by atoms with E-state index in [1.54, 1.807) is 6.21 Å².